The van der Waals surface area contributed by atoms with Crippen molar-refractivity contribution in [1.82, 2.24) is 0 Å². The van der Waals surface area contributed by atoms with E-state index < -0.39 is 0 Å². The largest absolute Gasteiger partial charge is 0.395 e. The van der Waals surface area contributed by atoms with E-state index in [4.69, 9.17) is 5.11 Å². The molecule has 56 valence electrons. The van der Waals surface area contributed by atoms with Gasteiger partial charge in [-0.05, 0) is 19.1 Å². The molecule has 1 unspecified atom stereocenters. The first-order chi connectivity index (χ1) is 4.18. The maximum absolute atomic E-state index is 8.90. The topological polar surface area (TPSA) is 20.2 Å². The van der Waals surface area contributed by atoms with E-state index in [0.717, 1.165) is 12.2 Å². The summed E-state index contributed by atoms with van der Waals surface area (Å²) in [5, 5.41) is 8.90. The molecule has 0 aliphatic rings. The van der Waals surface area contributed by atoms with Crippen LogP contribution < -0.4 is 0 Å². The van der Waals surface area contributed by atoms with Gasteiger partial charge in [0.25, 0.3) is 0 Å². The van der Waals surface area contributed by atoms with E-state index in [1.165, 1.54) is 0 Å². The zero-order chi connectivity index (χ0) is 7.33. The molecular weight excluding hydrogens is 132 g/mol. The first-order valence-corrected chi connectivity index (χ1v) is 4.42. The van der Waals surface area contributed by atoms with Crippen LogP contribution in [0.1, 0.15) is 27.2 Å². The molecule has 0 saturated carbocycles. The summed E-state index contributed by atoms with van der Waals surface area (Å²) in [6, 6.07) is 0. The fourth-order valence-corrected chi connectivity index (χ4v) is 1.60. The zero-order valence-electron chi connectivity index (χ0n) is 6.48. The molecule has 0 amide bonds. The molecule has 0 aromatic rings. The number of hydrogen-bond acceptors (Lipinski definition) is 2. The molecule has 0 fully saturated rings. The van der Waals surface area contributed by atoms with Crippen LogP contribution in [0.2, 0.25) is 0 Å². The Balaban J connectivity index is 3.62. The molecule has 1 atom stereocenters. The van der Waals surface area contributed by atoms with Crippen molar-refractivity contribution < 1.29 is 5.11 Å². The molecular formula is C7H16OS. The maximum Gasteiger partial charge on any atom is 0.0575 e. The lowest BCUT2D eigenvalue weighted by molar-refractivity contribution is 0.253. The third-order valence-corrected chi connectivity index (χ3v) is 2.98. The zero-order valence-corrected chi connectivity index (χ0v) is 7.29. The van der Waals surface area contributed by atoms with Crippen LogP contribution in [0.3, 0.4) is 0 Å². The van der Waals surface area contributed by atoms with Crippen LogP contribution in [0.4, 0.5) is 0 Å². The Morgan fingerprint density at radius 1 is 1.44 bits per heavy atom. The van der Waals surface area contributed by atoms with Crippen molar-refractivity contribution >= 4 is 11.8 Å². The Kier molecular flexibility index (Phi) is 4.32. The second kappa shape index (κ2) is 4.18. The monoisotopic (exact) mass is 148 g/mol. The van der Waals surface area contributed by atoms with E-state index in [9.17, 15) is 0 Å². The Morgan fingerprint density at radius 3 is 2.11 bits per heavy atom. The van der Waals surface area contributed by atoms with Gasteiger partial charge in [-0.25, -0.2) is 0 Å². The van der Waals surface area contributed by atoms with Gasteiger partial charge < -0.3 is 5.11 Å². The van der Waals surface area contributed by atoms with Crippen LogP contribution >= 0.6 is 11.8 Å². The smallest absolute Gasteiger partial charge is 0.0575 e. The highest BCUT2D eigenvalue weighted by molar-refractivity contribution is 8.00. The van der Waals surface area contributed by atoms with Gasteiger partial charge in [0, 0.05) is 4.75 Å². The van der Waals surface area contributed by atoms with Crippen molar-refractivity contribution in [3.8, 4) is 0 Å². The van der Waals surface area contributed by atoms with Gasteiger partial charge in [0.15, 0.2) is 0 Å². The minimum atomic E-state index is 0.106. The lowest BCUT2D eigenvalue weighted by Crippen LogP contribution is -2.23. The summed E-state index contributed by atoms with van der Waals surface area (Å²) in [5.41, 5.74) is 0. The highest BCUT2D eigenvalue weighted by Crippen LogP contribution is 2.26. The van der Waals surface area contributed by atoms with E-state index >= 15 is 0 Å². The summed E-state index contributed by atoms with van der Waals surface area (Å²) in [6.07, 6.45) is 1.04. The predicted molar refractivity (Wildman–Crippen MR) is 43.9 cm³/mol. The quantitative estimate of drug-likeness (QED) is 0.657. The molecule has 0 bridgehead atoms. The number of hydrogen-bond donors (Lipinski definition) is 1. The van der Waals surface area contributed by atoms with Crippen molar-refractivity contribution in [3.63, 3.8) is 0 Å². The van der Waals surface area contributed by atoms with Crippen LogP contribution in [0.15, 0.2) is 0 Å². The fourth-order valence-electron chi connectivity index (χ4n) is 0.608. The number of rotatable bonds is 4. The highest BCUT2D eigenvalue weighted by Gasteiger charge is 2.19. The van der Waals surface area contributed by atoms with Crippen molar-refractivity contribution in [1.29, 1.82) is 0 Å². The van der Waals surface area contributed by atoms with Gasteiger partial charge in [0.2, 0.25) is 0 Å². The third-order valence-electron chi connectivity index (χ3n) is 1.58. The predicted octanol–water partition coefficient (Wildman–Crippen LogP) is 1.90. The van der Waals surface area contributed by atoms with Gasteiger partial charge in [-0.15, -0.1) is 0 Å². The summed E-state index contributed by atoms with van der Waals surface area (Å²) >= 11 is 1.83. The Morgan fingerprint density at radius 2 is 2.00 bits per heavy atom. The van der Waals surface area contributed by atoms with E-state index in [0.29, 0.717) is 6.61 Å². The van der Waals surface area contributed by atoms with E-state index in [2.05, 4.69) is 20.8 Å². The molecule has 0 spiro atoms. The summed E-state index contributed by atoms with van der Waals surface area (Å²) in [7, 11) is 0. The molecule has 0 aromatic heterocycles. The molecule has 0 aliphatic heterocycles. The van der Waals surface area contributed by atoms with Crippen molar-refractivity contribution in [2.75, 3.05) is 12.4 Å². The lowest BCUT2D eigenvalue weighted by atomic mass is 10.1. The van der Waals surface area contributed by atoms with Gasteiger partial charge in [-0.3, -0.25) is 0 Å². The molecule has 0 aromatic carbocycles. The summed E-state index contributed by atoms with van der Waals surface area (Å²) in [6.45, 7) is 6.62. The minimum Gasteiger partial charge on any atom is -0.395 e. The Bertz CT molecular complexity index is 69.3. The van der Waals surface area contributed by atoms with Crippen LogP contribution in [-0.4, -0.2) is 22.2 Å². The first-order valence-electron chi connectivity index (χ1n) is 3.43. The van der Waals surface area contributed by atoms with Gasteiger partial charge in [-0.1, -0.05) is 13.8 Å². The fraction of sp³-hybridized carbons (Fsp3) is 1.00. The van der Waals surface area contributed by atoms with Crippen LogP contribution in [-0.2, 0) is 0 Å². The molecule has 2 heteroatoms. The third kappa shape index (κ3) is 3.11. The van der Waals surface area contributed by atoms with Gasteiger partial charge in [-0.2, -0.15) is 11.8 Å². The molecule has 0 aliphatic carbocycles. The average molecular weight is 148 g/mol. The van der Waals surface area contributed by atoms with Crippen LogP contribution in [0.25, 0.3) is 0 Å². The van der Waals surface area contributed by atoms with Crippen molar-refractivity contribution in [2.24, 2.45) is 0 Å². The summed E-state index contributed by atoms with van der Waals surface area (Å²) < 4.78 is 0.106. The summed E-state index contributed by atoms with van der Waals surface area (Å²) in [5.74, 6) is 1.09. The van der Waals surface area contributed by atoms with Gasteiger partial charge in [0.05, 0.1) is 6.61 Å². The van der Waals surface area contributed by atoms with E-state index in [-0.39, 0.29) is 4.75 Å². The van der Waals surface area contributed by atoms with Crippen molar-refractivity contribution in [2.45, 2.75) is 31.9 Å². The highest BCUT2D eigenvalue weighted by atomic mass is 32.2. The standard InChI is InChI=1S/C7H16OS/c1-4-7(3,6-8)9-5-2/h8H,4-6H2,1-3H3. The minimum absolute atomic E-state index is 0.106. The van der Waals surface area contributed by atoms with Crippen LogP contribution in [0.5, 0.6) is 0 Å². The van der Waals surface area contributed by atoms with E-state index in [1.807, 2.05) is 11.8 Å². The molecule has 1 N–H and O–H groups in total. The number of aliphatic hydroxyl groups is 1. The lowest BCUT2D eigenvalue weighted by Gasteiger charge is -2.23. The van der Waals surface area contributed by atoms with Gasteiger partial charge >= 0.3 is 0 Å². The molecule has 0 rings (SSSR count). The number of thioether (sulfide) groups is 1. The molecule has 0 radical (unpaired) electrons. The SMILES string of the molecule is CCSC(C)(CC)CO. The normalized spacial score (nSPS) is 17.3. The summed E-state index contributed by atoms with van der Waals surface area (Å²) in [4.78, 5) is 0. The first kappa shape index (κ1) is 9.31. The van der Waals surface area contributed by atoms with E-state index in [1.54, 1.807) is 0 Å². The van der Waals surface area contributed by atoms with Crippen LogP contribution in [0, 0.1) is 0 Å². The maximum atomic E-state index is 8.90. The van der Waals surface area contributed by atoms with Gasteiger partial charge in [0.1, 0.15) is 0 Å². The second-order valence-corrected chi connectivity index (χ2v) is 4.25. The molecule has 9 heavy (non-hydrogen) atoms. The Labute approximate surface area is 61.8 Å². The Hall–Kier alpha value is 0.310. The average Bonchev–Trinajstić information content (AvgIpc) is 1.89. The molecule has 1 nitrogen and oxygen atoms in total. The number of aliphatic hydroxyl groups excluding tert-OH is 1. The van der Waals surface area contributed by atoms with Crippen molar-refractivity contribution in [3.05, 3.63) is 0 Å². The molecule has 0 saturated heterocycles. The molecule has 0 heterocycles. The second-order valence-electron chi connectivity index (χ2n) is 2.39.